The summed E-state index contributed by atoms with van der Waals surface area (Å²) in [5.41, 5.74) is -4.28. The number of rotatable bonds is 3. The molecule has 9 heteroatoms. The number of hydrogen-bond acceptors (Lipinski definition) is 3. The third kappa shape index (κ3) is 2.49. The van der Waals surface area contributed by atoms with E-state index in [0.29, 0.717) is 0 Å². The van der Waals surface area contributed by atoms with Gasteiger partial charge in [-0.25, -0.2) is 13.6 Å². The van der Waals surface area contributed by atoms with Crippen molar-refractivity contribution in [2.75, 3.05) is 7.11 Å². The number of pyridine rings is 1. The van der Waals surface area contributed by atoms with E-state index >= 15 is 0 Å². The molecule has 0 spiro atoms. The predicted molar refractivity (Wildman–Crippen MR) is 47.7 cm³/mol. The Morgan fingerprint density at radius 2 is 2.00 bits per heavy atom. The van der Waals surface area contributed by atoms with Crippen LogP contribution >= 0.6 is 0 Å². The fourth-order valence-electron chi connectivity index (χ4n) is 1.31. The number of ether oxygens (including phenoxy) is 1. The van der Waals surface area contributed by atoms with Gasteiger partial charge in [0.15, 0.2) is 5.75 Å². The van der Waals surface area contributed by atoms with E-state index in [2.05, 4.69) is 9.72 Å². The Labute approximate surface area is 97.0 Å². The predicted octanol–water partition coefficient (Wildman–Crippen LogP) is 2.74. The number of hydrogen-bond donors (Lipinski definition) is 1. The van der Waals surface area contributed by atoms with Gasteiger partial charge >= 0.3 is 12.1 Å². The highest BCUT2D eigenvalue weighted by molar-refractivity contribution is 5.90. The number of carbonyl (C=O) groups is 1. The van der Waals surface area contributed by atoms with Gasteiger partial charge in [0.1, 0.15) is 11.3 Å². The van der Waals surface area contributed by atoms with Crippen LogP contribution in [0.15, 0.2) is 6.20 Å². The molecule has 0 radical (unpaired) electrons. The summed E-state index contributed by atoms with van der Waals surface area (Å²) in [4.78, 5) is 13.6. The van der Waals surface area contributed by atoms with E-state index in [-0.39, 0.29) is 6.20 Å². The van der Waals surface area contributed by atoms with Crippen molar-refractivity contribution < 1.29 is 36.6 Å². The van der Waals surface area contributed by atoms with Crippen molar-refractivity contribution in [3.63, 3.8) is 0 Å². The highest BCUT2D eigenvalue weighted by Crippen LogP contribution is 2.42. The summed E-state index contributed by atoms with van der Waals surface area (Å²) in [7, 11) is 0.726. The van der Waals surface area contributed by atoms with E-state index in [1.54, 1.807) is 0 Å². The van der Waals surface area contributed by atoms with Gasteiger partial charge in [0.25, 0.3) is 6.43 Å². The van der Waals surface area contributed by atoms with Crippen LogP contribution in [-0.2, 0) is 6.18 Å². The maximum Gasteiger partial charge on any atom is 0.420 e. The molecule has 1 heterocycles. The molecule has 1 aromatic heterocycles. The zero-order valence-corrected chi connectivity index (χ0v) is 8.76. The second kappa shape index (κ2) is 4.75. The molecular weight excluding hydrogens is 265 g/mol. The molecule has 0 unspecified atom stereocenters. The number of alkyl halides is 5. The van der Waals surface area contributed by atoms with Gasteiger partial charge in [-0.05, 0) is 0 Å². The average Bonchev–Trinajstić information content (AvgIpc) is 2.25. The first kappa shape index (κ1) is 14.1. The Hall–Kier alpha value is -1.93. The third-order valence-electron chi connectivity index (χ3n) is 1.99. The average molecular weight is 271 g/mol. The summed E-state index contributed by atoms with van der Waals surface area (Å²) < 4.78 is 67.2. The number of carboxylic acids is 1. The number of halogens is 5. The van der Waals surface area contributed by atoms with Crippen molar-refractivity contribution >= 4 is 5.97 Å². The van der Waals surface area contributed by atoms with Crippen molar-refractivity contribution in [1.29, 1.82) is 0 Å². The van der Waals surface area contributed by atoms with E-state index in [9.17, 15) is 26.7 Å². The fourth-order valence-corrected chi connectivity index (χ4v) is 1.31. The first-order chi connectivity index (χ1) is 8.20. The lowest BCUT2D eigenvalue weighted by Crippen LogP contribution is -2.17. The Morgan fingerprint density at radius 1 is 1.44 bits per heavy atom. The van der Waals surface area contributed by atoms with Gasteiger partial charge in [0.05, 0.1) is 12.7 Å². The maximum absolute atomic E-state index is 12.7. The lowest BCUT2D eigenvalue weighted by Gasteiger charge is -2.16. The third-order valence-corrected chi connectivity index (χ3v) is 1.99. The molecule has 0 aliphatic rings. The molecule has 0 atom stereocenters. The van der Waals surface area contributed by atoms with Crippen molar-refractivity contribution in [3.8, 4) is 5.75 Å². The minimum absolute atomic E-state index is 0.231. The van der Waals surface area contributed by atoms with Gasteiger partial charge in [0.2, 0.25) is 0 Å². The van der Waals surface area contributed by atoms with Crippen LogP contribution in [-0.4, -0.2) is 23.2 Å². The highest BCUT2D eigenvalue weighted by Gasteiger charge is 2.41. The van der Waals surface area contributed by atoms with Crippen LogP contribution in [0.4, 0.5) is 22.0 Å². The van der Waals surface area contributed by atoms with Gasteiger partial charge < -0.3 is 9.84 Å². The normalized spacial score (nSPS) is 11.7. The molecule has 0 aliphatic carbocycles. The molecule has 0 aromatic carbocycles. The van der Waals surface area contributed by atoms with E-state index in [0.717, 1.165) is 7.11 Å². The standard InChI is InChI=1S/C9H6F5NO3/c1-18-6-4(9(12,13)14)3(8(16)17)2-15-5(6)7(10)11/h2,7H,1H3,(H,16,17). The Kier molecular flexibility index (Phi) is 3.73. The summed E-state index contributed by atoms with van der Waals surface area (Å²) in [5.74, 6) is -3.22. The van der Waals surface area contributed by atoms with Crippen molar-refractivity contribution in [1.82, 2.24) is 4.98 Å². The van der Waals surface area contributed by atoms with Crippen molar-refractivity contribution in [3.05, 3.63) is 23.0 Å². The zero-order valence-electron chi connectivity index (χ0n) is 8.76. The second-order valence-electron chi connectivity index (χ2n) is 3.07. The number of aromatic nitrogens is 1. The number of methoxy groups -OCH3 is 1. The van der Waals surface area contributed by atoms with Crippen LogP contribution in [0.1, 0.15) is 28.0 Å². The first-order valence-electron chi connectivity index (χ1n) is 4.35. The molecule has 1 aromatic rings. The lowest BCUT2D eigenvalue weighted by atomic mass is 10.1. The molecule has 0 aliphatic heterocycles. The van der Waals surface area contributed by atoms with Gasteiger partial charge in [0, 0.05) is 6.20 Å². The van der Waals surface area contributed by atoms with Crippen molar-refractivity contribution in [2.24, 2.45) is 0 Å². The molecule has 0 saturated carbocycles. The van der Waals surface area contributed by atoms with E-state index < -0.39 is 41.1 Å². The fraction of sp³-hybridized carbons (Fsp3) is 0.333. The summed E-state index contributed by atoms with van der Waals surface area (Å²) >= 11 is 0. The highest BCUT2D eigenvalue weighted by atomic mass is 19.4. The number of aromatic carboxylic acids is 1. The summed E-state index contributed by atoms with van der Waals surface area (Å²) in [6.45, 7) is 0. The Bertz CT molecular complexity index is 472. The second-order valence-corrected chi connectivity index (χ2v) is 3.07. The maximum atomic E-state index is 12.7. The first-order valence-corrected chi connectivity index (χ1v) is 4.35. The minimum Gasteiger partial charge on any atom is -0.494 e. The summed E-state index contributed by atoms with van der Waals surface area (Å²) in [5, 5.41) is 8.60. The molecule has 100 valence electrons. The molecule has 0 saturated heterocycles. The van der Waals surface area contributed by atoms with Crippen LogP contribution in [0.3, 0.4) is 0 Å². The Balaban J connectivity index is 3.67. The largest absolute Gasteiger partial charge is 0.494 e. The van der Waals surface area contributed by atoms with Gasteiger partial charge in [-0.15, -0.1) is 0 Å². The molecule has 0 fully saturated rings. The SMILES string of the molecule is COc1c(C(F)F)ncc(C(=O)O)c1C(F)(F)F. The monoisotopic (exact) mass is 271 g/mol. The summed E-state index contributed by atoms with van der Waals surface area (Å²) in [6.07, 6.45) is -8.23. The zero-order chi connectivity index (χ0) is 14.1. The Morgan fingerprint density at radius 3 is 2.33 bits per heavy atom. The van der Waals surface area contributed by atoms with Gasteiger partial charge in [-0.3, -0.25) is 4.98 Å². The van der Waals surface area contributed by atoms with Gasteiger partial charge in [-0.2, -0.15) is 13.2 Å². The topological polar surface area (TPSA) is 59.4 Å². The van der Waals surface area contributed by atoms with E-state index in [4.69, 9.17) is 5.11 Å². The molecular formula is C9H6F5NO3. The number of carboxylic acid groups (broad SMARTS) is 1. The molecule has 1 rings (SSSR count). The molecule has 4 nitrogen and oxygen atoms in total. The van der Waals surface area contributed by atoms with Gasteiger partial charge in [-0.1, -0.05) is 0 Å². The minimum atomic E-state index is -5.15. The van der Waals surface area contributed by atoms with Crippen LogP contribution in [0.2, 0.25) is 0 Å². The number of nitrogens with zero attached hydrogens (tertiary/aromatic N) is 1. The van der Waals surface area contributed by atoms with Crippen LogP contribution in [0.5, 0.6) is 5.75 Å². The molecule has 0 amide bonds. The van der Waals surface area contributed by atoms with Crippen LogP contribution in [0, 0.1) is 0 Å². The van der Waals surface area contributed by atoms with E-state index in [1.807, 2.05) is 0 Å². The molecule has 1 N–H and O–H groups in total. The molecule has 18 heavy (non-hydrogen) atoms. The summed E-state index contributed by atoms with van der Waals surface area (Å²) in [6, 6.07) is 0. The van der Waals surface area contributed by atoms with Crippen molar-refractivity contribution in [2.45, 2.75) is 12.6 Å². The smallest absolute Gasteiger partial charge is 0.420 e. The van der Waals surface area contributed by atoms with Crippen LogP contribution in [0.25, 0.3) is 0 Å². The van der Waals surface area contributed by atoms with E-state index in [1.165, 1.54) is 0 Å². The quantitative estimate of drug-likeness (QED) is 0.859. The molecule has 0 bridgehead atoms. The lowest BCUT2D eigenvalue weighted by molar-refractivity contribution is -0.139. The van der Waals surface area contributed by atoms with Crippen LogP contribution < -0.4 is 4.74 Å².